The summed E-state index contributed by atoms with van der Waals surface area (Å²) in [5.74, 6) is 0.346. The Morgan fingerprint density at radius 3 is 2.61 bits per heavy atom. The first-order valence-electron chi connectivity index (χ1n) is 10.7. The van der Waals surface area contributed by atoms with Crippen molar-refractivity contribution in [2.45, 2.75) is 13.0 Å². The van der Waals surface area contributed by atoms with Crippen molar-refractivity contribution >= 4 is 34.1 Å². The van der Waals surface area contributed by atoms with Crippen LogP contribution in [-0.2, 0) is 4.74 Å². The molecule has 36 heavy (non-hydrogen) atoms. The van der Waals surface area contributed by atoms with Crippen molar-refractivity contribution < 1.29 is 9.15 Å². The van der Waals surface area contributed by atoms with Crippen LogP contribution in [0.5, 0.6) is 0 Å². The molecule has 0 amide bonds. The molecule has 5 rings (SSSR count). The number of rotatable bonds is 5. The summed E-state index contributed by atoms with van der Waals surface area (Å²) in [5, 5.41) is 15.1. The molecule has 5 aromatic rings. The zero-order valence-electron chi connectivity index (χ0n) is 19.1. The standard InChI is InChI=1S/C26H17Cl2N5O3/c1-14-10-15(13-29)11-18-22(14)31-25(36-26(18)34)21-12-20(23(35-2)16-5-7-17(27)8-6-16)32-33(21)24-19(28)4-3-9-30-24/h3-12,23H,1-2H3. The fourth-order valence-corrected chi connectivity index (χ4v) is 4.29. The molecular formula is C26H17Cl2N5O3. The minimum absolute atomic E-state index is 0.0201. The van der Waals surface area contributed by atoms with E-state index in [4.69, 9.17) is 37.5 Å². The summed E-state index contributed by atoms with van der Waals surface area (Å²) in [6.45, 7) is 1.78. The Kier molecular flexibility index (Phi) is 6.29. The Bertz CT molecular complexity index is 1700. The Morgan fingerprint density at radius 2 is 1.92 bits per heavy atom. The molecule has 0 radical (unpaired) electrons. The summed E-state index contributed by atoms with van der Waals surface area (Å²) in [7, 11) is 1.57. The van der Waals surface area contributed by atoms with Crippen molar-refractivity contribution in [3.05, 3.63) is 104 Å². The van der Waals surface area contributed by atoms with Crippen molar-refractivity contribution in [1.82, 2.24) is 19.7 Å². The fraction of sp³-hybridized carbons (Fsp3) is 0.115. The number of aryl methyl sites for hydroxylation is 1. The quantitative estimate of drug-likeness (QED) is 0.296. The molecular weight excluding hydrogens is 501 g/mol. The van der Waals surface area contributed by atoms with Crippen LogP contribution in [0.15, 0.2) is 70.0 Å². The highest BCUT2D eigenvalue weighted by molar-refractivity contribution is 6.32. The first-order chi connectivity index (χ1) is 17.4. The lowest BCUT2D eigenvalue weighted by Crippen LogP contribution is -2.09. The number of halogens is 2. The van der Waals surface area contributed by atoms with Gasteiger partial charge in [0.25, 0.3) is 0 Å². The summed E-state index contributed by atoms with van der Waals surface area (Å²) in [4.78, 5) is 21.9. The molecule has 0 saturated heterocycles. The van der Waals surface area contributed by atoms with Gasteiger partial charge in [-0.1, -0.05) is 35.3 Å². The number of nitrogens with zero attached hydrogens (tertiary/aromatic N) is 5. The van der Waals surface area contributed by atoms with Crippen LogP contribution in [0.3, 0.4) is 0 Å². The van der Waals surface area contributed by atoms with Crippen molar-refractivity contribution in [2.75, 3.05) is 7.11 Å². The van der Waals surface area contributed by atoms with E-state index in [1.54, 1.807) is 56.6 Å². The smallest absolute Gasteiger partial charge is 0.347 e. The SMILES string of the molecule is COC(c1ccc(Cl)cc1)c1cc(-c2nc3c(C)cc(C#N)cc3c(=O)o2)n(-c2ncccc2Cl)n1. The predicted octanol–water partition coefficient (Wildman–Crippen LogP) is 5.66. The van der Waals surface area contributed by atoms with Crippen LogP contribution in [0.2, 0.25) is 10.0 Å². The third-order valence-electron chi connectivity index (χ3n) is 5.62. The minimum atomic E-state index is -0.627. The summed E-state index contributed by atoms with van der Waals surface area (Å²) in [6, 6.07) is 17.5. The number of methoxy groups -OCH3 is 1. The summed E-state index contributed by atoms with van der Waals surface area (Å²) in [6.07, 6.45) is 1.02. The molecule has 0 bridgehead atoms. The Labute approximate surface area is 215 Å². The summed E-state index contributed by atoms with van der Waals surface area (Å²) >= 11 is 12.5. The van der Waals surface area contributed by atoms with Crippen LogP contribution in [0.1, 0.15) is 28.5 Å². The highest BCUT2D eigenvalue weighted by Gasteiger charge is 2.25. The van der Waals surface area contributed by atoms with Crippen molar-refractivity contribution in [3.8, 4) is 23.5 Å². The van der Waals surface area contributed by atoms with Gasteiger partial charge in [-0.2, -0.15) is 10.4 Å². The molecule has 10 heteroatoms. The molecule has 2 aromatic carbocycles. The summed E-state index contributed by atoms with van der Waals surface area (Å²) < 4.78 is 12.8. The maximum atomic E-state index is 12.9. The number of hydrogen-bond donors (Lipinski definition) is 0. The lowest BCUT2D eigenvalue weighted by Gasteiger charge is -2.13. The molecule has 0 aliphatic heterocycles. The largest absolute Gasteiger partial charge is 0.401 e. The van der Waals surface area contributed by atoms with Crippen molar-refractivity contribution in [3.63, 3.8) is 0 Å². The van der Waals surface area contributed by atoms with Gasteiger partial charge in [0.15, 0.2) is 5.82 Å². The van der Waals surface area contributed by atoms with Crippen molar-refractivity contribution in [2.24, 2.45) is 0 Å². The van der Waals surface area contributed by atoms with E-state index in [2.05, 4.69) is 9.97 Å². The fourth-order valence-electron chi connectivity index (χ4n) is 3.96. The van der Waals surface area contributed by atoms with Gasteiger partial charge in [0, 0.05) is 18.3 Å². The molecule has 0 aliphatic rings. The van der Waals surface area contributed by atoms with Gasteiger partial charge in [0.05, 0.1) is 33.3 Å². The van der Waals surface area contributed by atoms with Gasteiger partial charge in [0.1, 0.15) is 11.8 Å². The molecule has 8 nitrogen and oxygen atoms in total. The molecule has 1 atom stereocenters. The number of nitriles is 1. The van der Waals surface area contributed by atoms with Crippen LogP contribution in [0, 0.1) is 18.3 Å². The Hall–Kier alpha value is -4.03. The topological polar surface area (TPSA) is 107 Å². The van der Waals surface area contributed by atoms with Crippen molar-refractivity contribution in [1.29, 1.82) is 5.26 Å². The van der Waals surface area contributed by atoms with E-state index >= 15 is 0 Å². The lowest BCUT2D eigenvalue weighted by atomic mass is 10.1. The molecule has 178 valence electrons. The molecule has 3 heterocycles. The lowest BCUT2D eigenvalue weighted by molar-refractivity contribution is 0.132. The second-order valence-corrected chi connectivity index (χ2v) is 8.79. The summed E-state index contributed by atoms with van der Waals surface area (Å²) in [5.41, 5.74) is 2.48. The van der Waals surface area contributed by atoms with Gasteiger partial charge in [-0.25, -0.2) is 19.4 Å². The third kappa shape index (κ3) is 4.25. The normalized spacial score (nSPS) is 12.0. The molecule has 3 aromatic heterocycles. The monoisotopic (exact) mass is 517 g/mol. The molecule has 0 N–H and O–H groups in total. The van der Waals surface area contributed by atoms with E-state index in [1.165, 1.54) is 10.7 Å². The van der Waals surface area contributed by atoms with E-state index in [1.807, 2.05) is 18.2 Å². The van der Waals surface area contributed by atoms with E-state index in [0.29, 0.717) is 43.9 Å². The van der Waals surface area contributed by atoms with E-state index in [0.717, 1.165) is 5.56 Å². The van der Waals surface area contributed by atoms with E-state index < -0.39 is 11.7 Å². The Morgan fingerprint density at radius 1 is 1.14 bits per heavy atom. The molecule has 0 saturated carbocycles. The van der Waals surface area contributed by atoms with Crippen LogP contribution >= 0.6 is 23.2 Å². The van der Waals surface area contributed by atoms with Gasteiger partial charge < -0.3 is 9.15 Å². The number of pyridine rings is 1. The number of ether oxygens (including phenoxy) is 1. The van der Waals surface area contributed by atoms with E-state index in [9.17, 15) is 10.1 Å². The number of aromatic nitrogens is 4. The molecule has 1 unspecified atom stereocenters. The highest BCUT2D eigenvalue weighted by Crippen LogP contribution is 2.32. The average Bonchev–Trinajstić information content (AvgIpc) is 3.31. The van der Waals surface area contributed by atoms with Crippen LogP contribution in [0.25, 0.3) is 28.3 Å². The maximum absolute atomic E-state index is 12.9. The molecule has 0 aliphatic carbocycles. The van der Waals surface area contributed by atoms with Gasteiger partial charge in [-0.05, 0) is 60.5 Å². The predicted molar refractivity (Wildman–Crippen MR) is 135 cm³/mol. The second kappa shape index (κ2) is 9.55. The second-order valence-electron chi connectivity index (χ2n) is 7.95. The van der Waals surface area contributed by atoms with Gasteiger partial charge in [-0.3, -0.25) is 0 Å². The maximum Gasteiger partial charge on any atom is 0.347 e. The number of benzene rings is 2. The minimum Gasteiger partial charge on any atom is -0.401 e. The van der Waals surface area contributed by atoms with E-state index in [-0.39, 0.29) is 11.3 Å². The highest BCUT2D eigenvalue weighted by atomic mass is 35.5. The van der Waals surface area contributed by atoms with Gasteiger partial charge in [-0.15, -0.1) is 0 Å². The third-order valence-corrected chi connectivity index (χ3v) is 6.16. The molecule has 0 spiro atoms. The van der Waals surface area contributed by atoms with Crippen LogP contribution in [0.4, 0.5) is 0 Å². The van der Waals surface area contributed by atoms with Crippen LogP contribution < -0.4 is 5.63 Å². The molecule has 0 fully saturated rings. The van der Waals surface area contributed by atoms with Crippen LogP contribution in [-0.4, -0.2) is 26.9 Å². The zero-order chi connectivity index (χ0) is 25.4. The first kappa shape index (κ1) is 23.7. The average molecular weight is 518 g/mol. The first-order valence-corrected chi connectivity index (χ1v) is 11.5. The van der Waals surface area contributed by atoms with Gasteiger partial charge >= 0.3 is 5.63 Å². The number of hydrogen-bond acceptors (Lipinski definition) is 7. The zero-order valence-corrected chi connectivity index (χ0v) is 20.6. The Balaban J connectivity index is 1.75. The van der Waals surface area contributed by atoms with Gasteiger partial charge in [0.2, 0.25) is 5.89 Å². The number of fused-ring (bicyclic) bond motifs is 1.